The number of esters is 1. The standard InChI is InChI=1S/C21H30O9/c1-8-13-15(25)18(27)19(3)11(7-30-10(5-12(19)23)6-29-9(2)22)17(26)21(28)16(14(8)24)20(13,21)4/h10-12,14-17,23-26,28H,5-7H2,1-4H3/t10-,11+,12+,14-,15-,16?,17+,19+,20+,21-/m1/s1. The number of fused-ring (bicyclic) bond motifs is 2. The fourth-order valence-corrected chi connectivity index (χ4v) is 6.46. The zero-order chi connectivity index (χ0) is 22.4. The zero-order valence-corrected chi connectivity index (χ0v) is 17.5. The van der Waals surface area contributed by atoms with E-state index >= 15 is 0 Å². The molecule has 3 aliphatic carbocycles. The number of hydrogen-bond donors (Lipinski definition) is 5. The lowest BCUT2D eigenvalue weighted by Gasteiger charge is -2.46. The van der Waals surface area contributed by atoms with Crippen molar-refractivity contribution in [2.75, 3.05) is 13.2 Å². The molecule has 9 heteroatoms. The summed E-state index contributed by atoms with van der Waals surface area (Å²) in [6.45, 7) is 5.61. The maximum Gasteiger partial charge on any atom is 0.302 e. The zero-order valence-electron chi connectivity index (χ0n) is 17.5. The number of Topliss-reactive ketones (excluding diaryl/α,β-unsaturated/α-hetero) is 1. The van der Waals surface area contributed by atoms with Gasteiger partial charge in [-0.25, -0.2) is 0 Å². The molecular weight excluding hydrogens is 396 g/mol. The van der Waals surface area contributed by atoms with E-state index in [1.807, 2.05) is 0 Å². The van der Waals surface area contributed by atoms with Crippen LogP contribution >= 0.6 is 0 Å². The van der Waals surface area contributed by atoms with Crippen molar-refractivity contribution in [1.82, 2.24) is 0 Å². The van der Waals surface area contributed by atoms with E-state index in [4.69, 9.17) is 9.47 Å². The monoisotopic (exact) mass is 426 g/mol. The second-order valence-corrected chi connectivity index (χ2v) is 9.66. The highest BCUT2D eigenvalue weighted by Crippen LogP contribution is 2.76. The van der Waals surface area contributed by atoms with Crippen molar-refractivity contribution in [1.29, 1.82) is 0 Å². The third-order valence-corrected chi connectivity index (χ3v) is 8.41. The van der Waals surface area contributed by atoms with Gasteiger partial charge < -0.3 is 35.0 Å². The van der Waals surface area contributed by atoms with Crippen molar-refractivity contribution < 1.29 is 44.6 Å². The average Bonchev–Trinajstić information content (AvgIpc) is 3.14. The van der Waals surface area contributed by atoms with Crippen LogP contribution < -0.4 is 0 Å². The van der Waals surface area contributed by atoms with E-state index in [9.17, 15) is 35.1 Å². The molecule has 4 rings (SSSR count). The van der Waals surface area contributed by atoms with Crippen molar-refractivity contribution in [2.45, 2.75) is 70.2 Å². The Bertz CT molecular complexity index is 823. The first-order valence-electron chi connectivity index (χ1n) is 10.3. The predicted octanol–water partition coefficient (Wildman–Crippen LogP) is -1.32. The molecular formula is C21H30O9. The molecule has 1 saturated heterocycles. The van der Waals surface area contributed by atoms with E-state index in [0.717, 1.165) is 0 Å². The van der Waals surface area contributed by atoms with E-state index in [1.54, 1.807) is 13.8 Å². The summed E-state index contributed by atoms with van der Waals surface area (Å²) < 4.78 is 10.7. The molecule has 5 N–H and O–H groups in total. The van der Waals surface area contributed by atoms with Gasteiger partial charge in [-0.2, -0.15) is 0 Å². The molecule has 0 bridgehead atoms. The fraction of sp³-hybridized carbons (Fsp3) is 0.810. The minimum Gasteiger partial charge on any atom is -0.463 e. The van der Waals surface area contributed by atoms with Gasteiger partial charge in [-0.3, -0.25) is 9.59 Å². The predicted molar refractivity (Wildman–Crippen MR) is 101 cm³/mol. The molecule has 0 radical (unpaired) electrons. The molecule has 1 unspecified atom stereocenters. The second kappa shape index (κ2) is 6.57. The molecule has 3 fully saturated rings. The van der Waals surface area contributed by atoms with E-state index in [1.165, 1.54) is 13.8 Å². The summed E-state index contributed by atoms with van der Waals surface area (Å²) in [5.74, 6) is -3.01. The highest BCUT2D eigenvalue weighted by molar-refractivity contribution is 5.93. The van der Waals surface area contributed by atoms with Crippen LogP contribution in [0.3, 0.4) is 0 Å². The van der Waals surface area contributed by atoms with Crippen LogP contribution in [0.15, 0.2) is 11.1 Å². The lowest BCUT2D eigenvalue weighted by molar-refractivity contribution is -0.167. The number of rotatable bonds is 2. The SMILES string of the molecule is CC(=O)OC[C@H]1C[C@H](O)[C@@]2(C)C(=O)[C@H](O)C3=C(C)[C@@H](O)C4[C@@]3(C)[C@]4(O)[C@@H](O)[C@@H]2CO1. The molecule has 9 nitrogen and oxygen atoms in total. The van der Waals surface area contributed by atoms with Crippen LogP contribution in [-0.4, -0.2) is 86.6 Å². The normalized spacial score (nSPS) is 52.7. The first-order chi connectivity index (χ1) is 13.8. The summed E-state index contributed by atoms with van der Waals surface area (Å²) in [6, 6.07) is 0. The Morgan fingerprint density at radius 1 is 1.23 bits per heavy atom. The van der Waals surface area contributed by atoms with Gasteiger partial charge in [-0.15, -0.1) is 0 Å². The fourth-order valence-electron chi connectivity index (χ4n) is 6.46. The van der Waals surface area contributed by atoms with E-state index in [-0.39, 0.29) is 25.2 Å². The smallest absolute Gasteiger partial charge is 0.302 e. The van der Waals surface area contributed by atoms with Crippen molar-refractivity contribution >= 4 is 11.8 Å². The maximum atomic E-state index is 13.5. The summed E-state index contributed by atoms with van der Waals surface area (Å²) in [4.78, 5) is 24.7. The molecule has 30 heavy (non-hydrogen) atoms. The maximum absolute atomic E-state index is 13.5. The Labute approximate surface area is 174 Å². The number of ether oxygens (including phenoxy) is 2. The Balaban J connectivity index is 1.78. The van der Waals surface area contributed by atoms with Crippen molar-refractivity contribution in [3.05, 3.63) is 11.1 Å². The molecule has 0 amide bonds. The van der Waals surface area contributed by atoms with Crippen LogP contribution in [0.5, 0.6) is 0 Å². The van der Waals surface area contributed by atoms with E-state index in [2.05, 4.69) is 0 Å². The van der Waals surface area contributed by atoms with Gasteiger partial charge in [0.2, 0.25) is 0 Å². The quantitative estimate of drug-likeness (QED) is 0.267. The molecule has 0 aromatic carbocycles. The van der Waals surface area contributed by atoms with E-state index < -0.39 is 70.5 Å². The van der Waals surface area contributed by atoms with Crippen molar-refractivity contribution in [2.24, 2.45) is 22.7 Å². The van der Waals surface area contributed by atoms with E-state index in [0.29, 0.717) is 5.57 Å². The van der Waals surface area contributed by atoms with Crippen LogP contribution in [-0.2, 0) is 19.1 Å². The number of carbonyl (C=O) groups is 2. The lowest BCUT2D eigenvalue weighted by Crippen LogP contribution is -2.60. The Hall–Kier alpha value is -1.36. The van der Waals surface area contributed by atoms with Crippen LogP contribution in [0.2, 0.25) is 0 Å². The minimum absolute atomic E-state index is 0.0504. The van der Waals surface area contributed by atoms with Gasteiger partial charge >= 0.3 is 5.97 Å². The molecule has 0 aromatic heterocycles. The van der Waals surface area contributed by atoms with Gasteiger partial charge in [0.05, 0.1) is 36.4 Å². The van der Waals surface area contributed by atoms with Crippen LogP contribution in [0, 0.1) is 22.7 Å². The van der Waals surface area contributed by atoms with Crippen molar-refractivity contribution in [3.8, 4) is 0 Å². The summed E-state index contributed by atoms with van der Waals surface area (Å²) in [5.41, 5.74) is -3.91. The largest absolute Gasteiger partial charge is 0.463 e. The van der Waals surface area contributed by atoms with Crippen molar-refractivity contribution in [3.63, 3.8) is 0 Å². The summed E-state index contributed by atoms with van der Waals surface area (Å²) in [5, 5.41) is 55.5. The molecule has 2 saturated carbocycles. The Kier molecular flexibility index (Phi) is 4.79. The van der Waals surface area contributed by atoms with Gasteiger partial charge in [0.1, 0.15) is 18.3 Å². The topological polar surface area (TPSA) is 154 Å². The molecule has 10 atom stereocenters. The van der Waals surface area contributed by atoms with Crippen LogP contribution in [0.4, 0.5) is 0 Å². The Morgan fingerprint density at radius 2 is 1.87 bits per heavy atom. The van der Waals surface area contributed by atoms with Gasteiger partial charge in [-0.05, 0) is 25.0 Å². The summed E-state index contributed by atoms with van der Waals surface area (Å²) in [6.07, 6.45) is -6.30. The average molecular weight is 426 g/mol. The number of hydrogen-bond acceptors (Lipinski definition) is 9. The highest BCUT2D eigenvalue weighted by Gasteiger charge is 2.86. The van der Waals surface area contributed by atoms with Gasteiger partial charge in [0.25, 0.3) is 0 Å². The minimum atomic E-state index is -1.77. The van der Waals surface area contributed by atoms with Gasteiger partial charge in [0.15, 0.2) is 5.78 Å². The first-order valence-corrected chi connectivity index (χ1v) is 10.3. The summed E-state index contributed by atoms with van der Waals surface area (Å²) >= 11 is 0. The molecule has 168 valence electrons. The molecule has 1 heterocycles. The number of carbonyl (C=O) groups excluding carboxylic acids is 2. The lowest BCUT2D eigenvalue weighted by atomic mass is 9.60. The number of ketones is 1. The molecule has 0 spiro atoms. The second-order valence-electron chi connectivity index (χ2n) is 9.66. The van der Waals surface area contributed by atoms with Gasteiger partial charge in [-0.1, -0.05) is 6.92 Å². The third-order valence-electron chi connectivity index (χ3n) is 8.41. The molecule has 4 aliphatic rings. The Morgan fingerprint density at radius 3 is 2.47 bits per heavy atom. The van der Waals surface area contributed by atoms with Crippen LogP contribution in [0.25, 0.3) is 0 Å². The summed E-state index contributed by atoms with van der Waals surface area (Å²) in [7, 11) is 0. The van der Waals surface area contributed by atoms with Gasteiger partial charge in [0, 0.05) is 30.6 Å². The number of aliphatic hydroxyl groups is 5. The molecule has 0 aromatic rings. The third kappa shape index (κ3) is 2.39. The molecule has 1 aliphatic heterocycles. The highest BCUT2D eigenvalue weighted by atomic mass is 16.6. The first kappa shape index (κ1) is 21.9. The number of aliphatic hydroxyl groups excluding tert-OH is 4. The van der Waals surface area contributed by atoms with Crippen LogP contribution in [0.1, 0.15) is 34.1 Å².